The minimum atomic E-state index is -3.90. The van der Waals surface area contributed by atoms with Gasteiger partial charge in [0, 0.05) is 6.42 Å². The zero-order chi connectivity index (χ0) is 17.3. The molecule has 1 amide bonds. The number of hydrogen-bond donors (Lipinski definition) is 1. The molecular weight excluding hydrogens is 344 g/mol. The van der Waals surface area contributed by atoms with Crippen molar-refractivity contribution in [3.05, 3.63) is 65.7 Å². The fraction of sp³-hybridized carbons (Fsp3) is 0.176. The van der Waals surface area contributed by atoms with Crippen molar-refractivity contribution in [2.75, 3.05) is 0 Å². The van der Waals surface area contributed by atoms with Gasteiger partial charge in [0.25, 0.3) is 15.9 Å². The predicted octanol–water partition coefficient (Wildman–Crippen LogP) is 2.01. The summed E-state index contributed by atoms with van der Waals surface area (Å²) in [6.45, 7) is 1.88. The SMILES string of the molecule is Cc1ccc(S(=O)(=O)N2C(=S)NC(=O)C2Cc2ccccc2)cc1. The molecule has 2 aromatic carbocycles. The molecule has 0 bridgehead atoms. The summed E-state index contributed by atoms with van der Waals surface area (Å²) in [5, 5.41) is 2.38. The highest BCUT2D eigenvalue weighted by Crippen LogP contribution is 2.24. The number of carbonyl (C=O) groups is 1. The third-order valence-corrected chi connectivity index (χ3v) is 6.10. The van der Waals surface area contributed by atoms with Crippen molar-refractivity contribution in [3.8, 4) is 0 Å². The molecule has 1 unspecified atom stereocenters. The quantitative estimate of drug-likeness (QED) is 0.847. The lowest BCUT2D eigenvalue weighted by Crippen LogP contribution is -2.41. The highest BCUT2D eigenvalue weighted by molar-refractivity contribution is 7.91. The summed E-state index contributed by atoms with van der Waals surface area (Å²) in [5.41, 5.74) is 1.82. The van der Waals surface area contributed by atoms with E-state index in [-0.39, 0.29) is 16.4 Å². The van der Waals surface area contributed by atoms with Gasteiger partial charge in [-0.2, -0.15) is 0 Å². The first-order valence-corrected chi connectivity index (χ1v) is 9.24. The van der Waals surface area contributed by atoms with E-state index in [1.54, 1.807) is 12.1 Å². The van der Waals surface area contributed by atoms with Crippen molar-refractivity contribution < 1.29 is 13.2 Å². The Labute approximate surface area is 146 Å². The van der Waals surface area contributed by atoms with Crippen LogP contribution < -0.4 is 5.32 Å². The molecule has 1 N–H and O–H groups in total. The Kier molecular flexibility index (Phi) is 4.38. The average molecular weight is 360 g/mol. The van der Waals surface area contributed by atoms with Crippen LogP contribution in [0, 0.1) is 6.92 Å². The second-order valence-corrected chi connectivity index (χ2v) is 7.82. The lowest BCUT2D eigenvalue weighted by Gasteiger charge is -2.23. The van der Waals surface area contributed by atoms with Crippen LogP contribution >= 0.6 is 12.2 Å². The second-order valence-electron chi connectivity index (χ2n) is 5.61. The number of hydrogen-bond acceptors (Lipinski definition) is 4. The number of thiocarbonyl (C=S) groups is 1. The van der Waals surface area contributed by atoms with Gasteiger partial charge in [-0.3, -0.25) is 4.79 Å². The first-order valence-electron chi connectivity index (χ1n) is 7.39. The normalized spacial score (nSPS) is 17.9. The van der Waals surface area contributed by atoms with Crippen LogP contribution in [0.5, 0.6) is 0 Å². The molecule has 0 aromatic heterocycles. The van der Waals surface area contributed by atoms with Gasteiger partial charge < -0.3 is 5.32 Å². The molecule has 0 radical (unpaired) electrons. The fourth-order valence-electron chi connectivity index (χ4n) is 2.61. The van der Waals surface area contributed by atoms with Gasteiger partial charge in [0.2, 0.25) is 0 Å². The molecule has 1 atom stereocenters. The largest absolute Gasteiger partial charge is 0.300 e. The van der Waals surface area contributed by atoms with Crippen LogP contribution in [0.15, 0.2) is 59.5 Å². The molecule has 1 fully saturated rings. The number of benzene rings is 2. The molecule has 3 rings (SSSR count). The van der Waals surface area contributed by atoms with Crippen LogP contribution in [-0.4, -0.2) is 29.8 Å². The maximum atomic E-state index is 12.9. The van der Waals surface area contributed by atoms with Crippen LogP contribution in [0.3, 0.4) is 0 Å². The standard InChI is InChI=1S/C17H16N2O3S2/c1-12-7-9-14(10-8-12)24(21,22)19-15(16(20)18-17(19)23)11-13-5-3-2-4-6-13/h2-10,15H,11H2,1H3,(H,18,20,23). The van der Waals surface area contributed by atoms with Crippen molar-refractivity contribution in [2.24, 2.45) is 0 Å². The van der Waals surface area contributed by atoms with Gasteiger partial charge in [0.15, 0.2) is 5.11 Å². The second kappa shape index (κ2) is 6.33. The fourth-order valence-corrected chi connectivity index (χ4v) is 4.60. The Hall–Kier alpha value is -2.25. The van der Waals surface area contributed by atoms with E-state index in [4.69, 9.17) is 12.2 Å². The van der Waals surface area contributed by atoms with E-state index in [9.17, 15) is 13.2 Å². The zero-order valence-electron chi connectivity index (χ0n) is 13.0. The van der Waals surface area contributed by atoms with Crippen molar-refractivity contribution >= 4 is 33.3 Å². The third kappa shape index (κ3) is 3.05. The summed E-state index contributed by atoms with van der Waals surface area (Å²) in [5.74, 6) is -0.403. The van der Waals surface area contributed by atoms with Crippen LogP contribution in [0.25, 0.3) is 0 Å². The van der Waals surface area contributed by atoms with Gasteiger partial charge in [0.05, 0.1) is 4.90 Å². The molecule has 1 heterocycles. The summed E-state index contributed by atoms with van der Waals surface area (Å²) in [7, 11) is -3.90. The van der Waals surface area contributed by atoms with E-state index in [1.807, 2.05) is 37.3 Å². The number of rotatable bonds is 4. The monoisotopic (exact) mass is 360 g/mol. The Bertz CT molecular complexity index is 878. The lowest BCUT2D eigenvalue weighted by atomic mass is 10.1. The zero-order valence-corrected chi connectivity index (χ0v) is 14.6. The molecule has 24 heavy (non-hydrogen) atoms. The van der Waals surface area contributed by atoms with Crippen molar-refractivity contribution in [3.63, 3.8) is 0 Å². The van der Waals surface area contributed by atoms with Gasteiger partial charge in [-0.1, -0.05) is 48.0 Å². The number of nitrogens with one attached hydrogen (secondary N) is 1. The summed E-state index contributed by atoms with van der Waals surface area (Å²) in [6.07, 6.45) is 0.262. The lowest BCUT2D eigenvalue weighted by molar-refractivity contribution is -0.120. The molecule has 1 aliphatic rings. The Morgan fingerprint density at radius 2 is 1.71 bits per heavy atom. The molecule has 0 aliphatic carbocycles. The number of sulfonamides is 1. The van der Waals surface area contributed by atoms with Crippen LogP contribution in [0.2, 0.25) is 0 Å². The predicted molar refractivity (Wildman–Crippen MR) is 94.9 cm³/mol. The van der Waals surface area contributed by atoms with Crippen LogP contribution in [-0.2, 0) is 21.2 Å². The van der Waals surface area contributed by atoms with Gasteiger partial charge in [-0.05, 0) is 36.8 Å². The van der Waals surface area contributed by atoms with Crippen LogP contribution in [0.4, 0.5) is 0 Å². The van der Waals surface area contributed by atoms with E-state index in [0.29, 0.717) is 0 Å². The van der Waals surface area contributed by atoms with E-state index in [1.165, 1.54) is 12.1 Å². The first kappa shape index (κ1) is 16.6. The average Bonchev–Trinajstić information content (AvgIpc) is 2.83. The molecule has 2 aromatic rings. The molecule has 124 valence electrons. The van der Waals surface area contributed by atoms with Crippen molar-refractivity contribution in [1.29, 1.82) is 0 Å². The molecule has 1 saturated heterocycles. The smallest absolute Gasteiger partial charge is 0.266 e. The topological polar surface area (TPSA) is 66.5 Å². The third-order valence-electron chi connectivity index (χ3n) is 3.87. The maximum Gasteiger partial charge on any atom is 0.266 e. The van der Waals surface area contributed by atoms with Crippen molar-refractivity contribution in [2.45, 2.75) is 24.3 Å². The summed E-state index contributed by atoms with van der Waals surface area (Å²) >= 11 is 5.10. The van der Waals surface area contributed by atoms with Crippen LogP contribution in [0.1, 0.15) is 11.1 Å². The molecule has 1 aliphatic heterocycles. The number of nitrogens with zero attached hydrogens (tertiary/aromatic N) is 1. The minimum Gasteiger partial charge on any atom is -0.300 e. The number of carbonyl (C=O) groups excluding carboxylic acids is 1. The van der Waals surface area contributed by atoms with Crippen molar-refractivity contribution in [1.82, 2.24) is 9.62 Å². The Morgan fingerprint density at radius 1 is 1.08 bits per heavy atom. The highest BCUT2D eigenvalue weighted by atomic mass is 32.2. The first-order chi connectivity index (χ1) is 11.4. The maximum absolute atomic E-state index is 12.9. The Morgan fingerprint density at radius 3 is 2.33 bits per heavy atom. The molecule has 0 saturated carbocycles. The van der Waals surface area contributed by atoms with Gasteiger partial charge >= 0.3 is 0 Å². The van der Waals surface area contributed by atoms with E-state index in [0.717, 1.165) is 15.4 Å². The highest BCUT2D eigenvalue weighted by Gasteiger charge is 2.43. The van der Waals surface area contributed by atoms with Gasteiger partial charge in [-0.25, -0.2) is 12.7 Å². The molecule has 5 nitrogen and oxygen atoms in total. The summed E-state index contributed by atoms with van der Waals surface area (Å²) in [4.78, 5) is 12.3. The molecular formula is C17H16N2O3S2. The molecule has 0 spiro atoms. The minimum absolute atomic E-state index is 0.0819. The van der Waals surface area contributed by atoms with E-state index >= 15 is 0 Å². The Balaban J connectivity index is 1.98. The molecule has 7 heteroatoms. The van der Waals surface area contributed by atoms with E-state index < -0.39 is 22.0 Å². The van der Waals surface area contributed by atoms with Gasteiger partial charge in [0.1, 0.15) is 6.04 Å². The number of amides is 1. The number of aryl methyl sites for hydroxylation is 1. The summed E-state index contributed by atoms with van der Waals surface area (Å²) < 4.78 is 26.9. The summed E-state index contributed by atoms with van der Waals surface area (Å²) in [6, 6.07) is 14.9. The van der Waals surface area contributed by atoms with Gasteiger partial charge in [-0.15, -0.1) is 0 Å². The van der Waals surface area contributed by atoms with E-state index in [2.05, 4.69) is 5.32 Å².